The van der Waals surface area contributed by atoms with Gasteiger partial charge in [-0.2, -0.15) is 0 Å². The third-order valence-electron chi connectivity index (χ3n) is 3.77. The van der Waals surface area contributed by atoms with Crippen molar-refractivity contribution in [2.45, 2.75) is 19.4 Å². The zero-order chi connectivity index (χ0) is 15.9. The molecule has 1 N–H and O–H groups in total. The van der Waals surface area contributed by atoms with Gasteiger partial charge in [0.15, 0.2) is 11.6 Å². The molecule has 122 valence electrons. The summed E-state index contributed by atoms with van der Waals surface area (Å²) in [7, 11) is 1.38. The Balaban J connectivity index is 1.82. The maximum atomic E-state index is 13.4. The Morgan fingerprint density at radius 1 is 1.45 bits per heavy atom. The molecule has 2 rings (SSSR count). The number of amides is 1. The van der Waals surface area contributed by atoms with Crippen LogP contribution < -0.4 is 10.1 Å². The lowest BCUT2D eigenvalue weighted by Crippen LogP contribution is -2.40. The summed E-state index contributed by atoms with van der Waals surface area (Å²) < 4.78 is 23.6. The number of morpholine rings is 1. The summed E-state index contributed by atoms with van der Waals surface area (Å²) in [4.78, 5) is 14.5. The molecule has 1 aromatic rings. The second-order valence-electron chi connectivity index (χ2n) is 5.47. The molecule has 0 aromatic heterocycles. The predicted molar refractivity (Wildman–Crippen MR) is 81.8 cm³/mol. The average molecular weight is 310 g/mol. The molecule has 0 radical (unpaired) electrons. The molecule has 5 nitrogen and oxygen atoms in total. The van der Waals surface area contributed by atoms with Crippen LogP contribution in [-0.2, 0) is 4.74 Å². The highest BCUT2D eigenvalue weighted by molar-refractivity contribution is 5.94. The monoisotopic (exact) mass is 310 g/mol. The van der Waals surface area contributed by atoms with E-state index in [-0.39, 0.29) is 17.7 Å². The van der Waals surface area contributed by atoms with Crippen molar-refractivity contribution < 1.29 is 18.7 Å². The Morgan fingerprint density at radius 3 is 2.86 bits per heavy atom. The van der Waals surface area contributed by atoms with Crippen LogP contribution in [0.25, 0.3) is 0 Å². The van der Waals surface area contributed by atoms with Crippen molar-refractivity contribution in [3.63, 3.8) is 0 Å². The Morgan fingerprint density at radius 2 is 2.18 bits per heavy atom. The second-order valence-corrected chi connectivity index (χ2v) is 5.47. The number of nitrogens with one attached hydrogen (secondary N) is 1. The van der Waals surface area contributed by atoms with Crippen molar-refractivity contribution in [2.75, 3.05) is 40.0 Å². The van der Waals surface area contributed by atoms with Crippen molar-refractivity contribution >= 4 is 5.91 Å². The van der Waals surface area contributed by atoms with Crippen LogP contribution in [0.2, 0.25) is 0 Å². The zero-order valence-electron chi connectivity index (χ0n) is 13.1. The van der Waals surface area contributed by atoms with Gasteiger partial charge in [0.05, 0.1) is 20.3 Å². The van der Waals surface area contributed by atoms with Gasteiger partial charge in [0, 0.05) is 31.2 Å². The highest BCUT2D eigenvalue weighted by atomic mass is 19.1. The van der Waals surface area contributed by atoms with Crippen LogP contribution in [0.1, 0.15) is 23.7 Å². The van der Waals surface area contributed by atoms with Crippen molar-refractivity contribution in [1.82, 2.24) is 10.2 Å². The Labute approximate surface area is 130 Å². The smallest absolute Gasteiger partial charge is 0.251 e. The summed E-state index contributed by atoms with van der Waals surface area (Å²) in [6, 6.07) is 4.17. The quantitative estimate of drug-likeness (QED) is 0.868. The number of benzene rings is 1. The van der Waals surface area contributed by atoms with E-state index >= 15 is 0 Å². The van der Waals surface area contributed by atoms with Gasteiger partial charge in [-0.3, -0.25) is 9.69 Å². The van der Waals surface area contributed by atoms with Gasteiger partial charge in [-0.1, -0.05) is 0 Å². The predicted octanol–water partition coefficient (Wildman–Crippen LogP) is 1.67. The molecular weight excluding hydrogens is 287 g/mol. The van der Waals surface area contributed by atoms with Crippen LogP contribution in [0.4, 0.5) is 4.39 Å². The van der Waals surface area contributed by atoms with Gasteiger partial charge in [0.25, 0.3) is 5.91 Å². The molecule has 1 aromatic carbocycles. The Hall–Kier alpha value is -1.66. The van der Waals surface area contributed by atoms with E-state index in [1.165, 1.54) is 25.3 Å². The molecule has 0 spiro atoms. The number of nitrogens with zero attached hydrogens (tertiary/aromatic N) is 1. The topological polar surface area (TPSA) is 50.8 Å². The summed E-state index contributed by atoms with van der Waals surface area (Å²) >= 11 is 0. The molecule has 1 heterocycles. The zero-order valence-corrected chi connectivity index (χ0v) is 13.1. The van der Waals surface area contributed by atoms with E-state index in [4.69, 9.17) is 9.47 Å². The van der Waals surface area contributed by atoms with Crippen LogP contribution in [0.3, 0.4) is 0 Å². The van der Waals surface area contributed by atoms with Crippen molar-refractivity contribution in [3.05, 3.63) is 29.6 Å². The van der Waals surface area contributed by atoms with Crippen molar-refractivity contribution in [3.8, 4) is 5.75 Å². The fourth-order valence-electron chi connectivity index (χ4n) is 2.38. The van der Waals surface area contributed by atoms with Gasteiger partial charge in [-0.25, -0.2) is 4.39 Å². The fourth-order valence-corrected chi connectivity index (χ4v) is 2.38. The number of halogens is 1. The molecular formula is C16H23FN2O3. The SMILES string of the molecule is COc1cc(C(=O)NC(C)CCN2CCOCC2)ccc1F. The molecule has 1 saturated heterocycles. The molecule has 1 aliphatic heterocycles. The summed E-state index contributed by atoms with van der Waals surface area (Å²) in [5.74, 6) is -0.610. The molecule has 1 fully saturated rings. The highest BCUT2D eigenvalue weighted by Crippen LogP contribution is 2.18. The van der Waals surface area contributed by atoms with E-state index in [0.717, 1.165) is 39.3 Å². The first-order valence-electron chi connectivity index (χ1n) is 7.54. The minimum absolute atomic E-state index is 0.0476. The fraction of sp³-hybridized carbons (Fsp3) is 0.562. The molecule has 6 heteroatoms. The van der Waals surface area contributed by atoms with E-state index in [1.54, 1.807) is 0 Å². The molecule has 1 aliphatic rings. The lowest BCUT2D eigenvalue weighted by atomic mass is 10.1. The standard InChI is InChI=1S/C16H23FN2O3/c1-12(5-6-19-7-9-22-10-8-19)18-16(20)13-3-4-14(17)15(11-13)21-2/h3-4,11-12H,5-10H2,1-2H3,(H,18,20). The van der Waals surface area contributed by atoms with E-state index < -0.39 is 5.82 Å². The Bertz CT molecular complexity index is 504. The molecule has 22 heavy (non-hydrogen) atoms. The van der Waals surface area contributed by atoms with Gasteiger partial charge in [0.2, 0.25) is 0 Å². The second kappa shape index (κ2) is 8.10. The number of hydrogen-bond donors (Lipinski definition) is 1. The normalized spacial score (nSPS) is 17.0. The highest BCUT2D eigenvalue weighted by Gasteiger charge is 2.15. The van der Waals surface area contributed by atoms with Gasteiger partial charge in [-0.05, 0) is 31.5 Å². The number of carbonyl (C=O) groups excluding carboxylic acids is 1. The largest absolute Gasteiger partial charge is 0.494 e. The molecule has 1 amide bonds. The molecule has 1 unspecified atom stereocenters. The third kappa shape index (κ3) is 4.68. The maximum Gasteiger partial charge on any atom is 0.251 e. The third-order valence-corrected chi connectivity index (χ3v) is 3.77. The minimum atomic E-state index is -0.473. The number of hydrogen-bond acceptors (Lipinski definition) is 4. The lowest BCUT2D eigenvalue weighted by Gasteiger charge is -2.27. The summed E-state index contributed by atoms with van der Waals surface area (Å²) in [6.07, 6.45) is 0.865. The maximum absolute atomic E-state index is 13.4. The van der Waals surface area contributed by atoms with Gasteiger partial charge >= 0.3 is 0 Å². The number of methoxy groups -OCH3 is 1. The molecule has 0 aliphatic carbocycles. The summed E-state index contributed by atoms with van der Waals surface area (Å²) in [6.45, 7) is 6.33. The van der Waals surface area contributed by atoms with Gasteiger partial charge < -0.3 is 14.8 Å². The summed E-state index contributed by atoms with van der Waals surface area (Å²) in [5.41, 5.74) is 0.400. The van der Waals surface area contributed by atoms with Crippen LogP contribution in [0.5, 0.6) is 5.75 Å². The average Bonchev–Trinajstić information content (AvgIpc) is 2.54. The van der Waals surface area contributed by atoms with E-state index in [1.807, 2.05) is 6.92 Å². The first-order chi connectivity index (χ1) is 10.6. The van der Waals surface area contributed by atoms with Gasteiger partial charge in [-0.15, -0.1) is 0 Å². The molecule has 1 atom stereocenters. The van der Waals surface area contributed by atoms with Crippen LogP contribution in [-0.4, -0.2) is 56.8 Å². The Kier molecular flexibility index (Phi) is 6.15. The molecule has 0 bridgehead atoms. The summed E-state index contributed by atoms with van der Waals surface area (Å²) in [5, 5.41) is 2.93. The number of rotatable bonds is 6. The molecule has 0 saturated carbocycles. The lowest BCUT2D eigenvalue weighted by molar-refractivity contribution is 0.0363. The van der Waals surface area contributed by atoms with Crippen LogP contribution in [0, 0.1) is 5.82 Å². The van der Waals surface area contributed by atoms with Gasteiger partial charge in [0.1, 0.15) is 0 Å². The van der Waals surface area contributed by atoms with Crippen LogP contribution in [0.15, 0.2) is 18.2 Å². The van der Waals surface area contributed by atoms with E-state index in [2.05, 4.69) is 10.2 Å². The van der Waals surface area contributed by atoms with Crippen LogP contribution >= 0.6 is 0 Å². The van der Waals surface area contributed by atoms with Crippen molar-refractivity contribution in [2.24, 2.45) is 0 Å². The first kappa shape index (κ1) is 16.7. The number of carbonyl (C=O) groups is 1. The first-order valence-corrected chi connectivity index (χ1v) is 7.54. The van der Waals surface area contributed by atoms with E-state index in [9.17, 15) is 9.18 Å². The number of ether oxygens (including phenoxy) is 2. The van der Waals surface area contributed by atoms with E-state index in [0.29, 0.717) is 5.56 Å². The minimum Gasteiger partial charge on any atom is -0.494 e. The van der Waals surface area contributed by atoms with Crippen molar-refractivity contribution in [1.29, 1.82) is 0 Å².